The summed E-state index contributed by atoms with van der Waals surface area (Å²) in [5, 5.41) is 14.1. The molecule has 2 atom stereocenters. The van der Waals surface area contributed by atoms with Crippen LogP contribution in [0.1, 0.15) is 30.7 Å². The van der Waals surface area contributed by atoms with Gasteiger partial charge in [0.05, 0.1) is 11.7 Å². The van der Waals surface area contributed by atoms with Crippen LogP contribution in [0.5, 0.6) is 0 Å². The van der Waals surface area contributed by atoms with Crippen LogP contribution in [0.2, 0.25) is 0 Å². The van der Waals surface area contributed by atoms with Crippen molar-refractivity contribution < 1.29 is 29.0 Å². The summed E-state index contributed by atoms with van der Waals surface area (Å²) >= 11 is 1.32. The molecule has 1 amide bonds. The molecule has 192 valence electrons. The molecule has 2 aromatic heterocycles. The van der Waals surface area contributed by atoms with Gasteiger partial charge in [0.25, 0.3) is 0 Å². The van der Waals surface area contributed by atoms with Gasteiger partial charge in [0.15, 0.2) is 0 Å². The third kappa shape index (κ3) is 7.81. The summed E-state index contributed by atoms with van der Waals surface area (Å²) in [6.07, 6.45) is 1.85. The number of hydrogen-bond acceptors (Lipinski definition) is 5. The molecule has 3 aromatic rings. The van der Waals surface area contributed by atoms with Gasteiger partial charge in [0, 0.05) is 29.6 Å². The lowest BCUT2D eigenvalue weighted by atomic mass is 10.0. The van der Waals surface area contributed by atoms with E-state index in [1.165, 1.54) is 11.3 Å². The average molecular weight is 532 g/mol. The number of nitrogens with zero attached hydrogens (tertiary/aromatic N) is 2. The molecular weight excluding hydrogens is 501 g/mol. The van der Waals surface area contributed by atoms with Gasteiger partial charge < -0.3 is 20.2 Å². The monoisotopic (exact) mass is 531 g/mol. The van der Waals surface area contributed by atoms with Crippen molar-refractivity contribution in [3.63, 3.8) is 0 Å². The first kappa shape index (κ1) is 27.7. The van der Waals surface area contributed by atoms with E-state index in [-0.39, 0.29) is 25.3 Å². The van der Waals surface area contributed by atoms with Crippen molar-refractivity contribution in [3.8, 4) is 11.3 Å². The molecule has 0 aliphatic carbocycles. The van der Waals surface area contributed by atoms with E-state index in [4.69, 9.17) is 0 Å². The Hall–Kier alpha value is -2.88. The normalized spacial score (nSPS) is 13.5. The maximum Gasteiger partial charge on any atom is 0.404 e. The summed E-state index contributed by atoms with van der Waals surface area (Å²) in [4.78, 5) is 50.4. The number of pyridine rings is 1. The van der Waals surface area contributed by atoms with Gasteiger partial charge in [0.1, 0.15) is 6.04 Å². The lowest BCUT2D eigenvalue weighted by Gasteiger charge is -2.32. The molecular formula is C25H30N3O6PS. The Morgan fingerprint density at radius 1 is 1.08 bits per heavy atom. The Balaban J connectivity index is 1.79. The van der Waals surface area contributed by atoms with Gasteiger partial charge in [-0.25, -0.2) is 9.36 Å². The highest BCUT2D eigenvalue weighted by Crippen LogP contribution is 2.44. The number of aliphatic carboxylic acids is 1. The van der Waals surface area contributed by atoms with Crippen LogP contribution in [0.15, 0.2) is 66.2 Å². The molecule has 2 unspecified atom stereocenters. The number of carboxylic acids is 1. The molecule has 0 saturated heterocycles. The Bertz CT molecular complexity index is 1180. The van der Waals surface area contributed by atoms with E-state index in [1.54, 1.807) is 35.8 Å². The van der Waals surface area contributed by atoms with Gasteiger partial charge in [-0.2, -0.15) is 4.67 Å². The molecule has 36 heavy (non-hydrogen) atoms. The zero-order valence-electron chi connectivity index (χ0n) is 20.0. The zero-order chi connectivity index (χ0) is 26.3. The molecule has 2 heterocycles. The Labute approximate surface area is 214 Å². The number of carboxylic acid groups (broad SMARTS) is 1. The van der Waals surface area contributed by atoms with Crippen molar-refractivity contribution in [2.75, 3.05) is 0 Å². The number of rotatable bonds is 12. The highest BCUT2D eigenvalue weighted by molar-refractivity contribution is 7.49. The highest BCUT2D eigenvalue weighted by Gasteiger charge is 2.39. The summed E-state index contributed by atoms with van der Waals surface area (Å²) in [6.45, 7) is 3.54. The Morgan fingerprint density at radius 3 is 2.33 bits per heavy atom. The number of amides is 1. The molecule has 0 spiro atoms. The van der Waals surface area contributed by atoms with Crippen molar-refractivity contribution >= 4 is 31.0 Å². The van der Waals surface area contributed by atoms with E-state index in [0.29, 0.717) is 10.4 Å². The van der Waals surface area contributed by atoms with E-state index >= 15 is 0 Å². The number of aromatic nitrogens is 1. The number of hydrogen-bond donors (Lipinski definition) is 4. The number of carbonyl (C=O) groups is 2. The molecule has 1 aromatic carbocycles. The van der Waals surface area contributed by atoms with Gasteiger partial charge >= 0.3 is 13.7 Å². The average Bonchev–Trinajstić information content (AvgIpc) is 3.34. The zero-order valence-corrected chi connectivity index (χ0v) is 21.7. The summed E-state index contributed by atoms with van der Waals surface area (Å²) in [6, 6.07) is 13.8. The van der Waals surface area contributed by atoms with Gasteiger partial charge in [-0.05, 0) is 41.5 Å². The lowest BCUT2D eigenvalue weighted by molar-refractivity contribution is -0.142. The van der Waals surface area contributed by atoms with E-state index in [2.05, 4.69) is 10.3 Å². The van der Waals surface area contributed by atoms with Crippen LogP contribution in [-0.4, -0.2) is 48.5 Å². The molecule has 0 saturated carbocycles. The molecule has 4 N–H and O–H groups in total. The van der Waals surface area contributed by atoms with Crippen molar-refractivity contribution in [1.82, 2.24) is 15.0 Å². The number of benzene rings is 1. The van der Waals surface area contributed by atoms with Gasteiger partial charge in [0.2, 0.25) is 5.91 Å². The molecule has 0 aliphatic rings. The minimum atomic E-state index is -4.83. The van der Waals surface area contributed by atoms with Crippen LogP contribution in [-0.2, 0) is 27.1 Å². The molecule has 11 heteroatoms. The molecule has 3 rings (SSSR count). The van der Waals surface area contributed by atoms with Crippen molar-refractivity contribution in [2.45, 2.75) is 45.3 Å². The smallest absolute Gasteiger partial charge is 0.404 e. The van der Waals surface area contributed by atoms with Crippen molar-refractivity contribution in [3.05, 3.63) is 76.6 Å². The third-order valence-corrected chi connectivity index (χ3v) is 7.51. The predicted molar refractivity (Wildman–Crippen MR) is 138 cm³/mol. The Kier molecular flexibility index (Phi) is 9.53. The van der Waals surface area contributed by atoms with Crippen molar-refractivity contribution in [2.24, 2.45) is 5.92 Å². The molecule has 0 aliphatic heterocycles. The second-order valence-corrected chi connectivity index (χ2v) is 11.4. The van der Waals surface area contributed by atoms with Crippen molar-refractivity contribution in [1.29, 1.82) is 0 Å². The first-order valence-electron chi connectivity index (χ1n) is 11.4. The summed E-state index contributed by atoms with van der Waals surface area (Å²) in [7, 11) is -4.83. The van der Waals surface area contributed by atoms with E-state index in [9.17, 15) is 29.0 Å². The maximum atomic E-state index is 13.3. The Morgan fingerprint density at radius 2 is 1.81 bits per heavy atom. The second-order valence-electron chi connectivity index (χ2n) is 8.85. The molecule has 0 bridgehead atoms. The summed E-state index contributed by atoms with van der Waals surface area (Å²) in [5.41, 5.74) is 2.35. The fourth-order valence-electron chi connectivity index (χ4n) is 3.81. The van der Waals surface area contributed by atoms with Crippen LogP contribution in [0.4, 0.5) is 0 Å². The first-order valence-corrected chi connectivity index (χ1v) is 13.9. The third-order valence-electron chi connectivity index (χ3n) is 5.56. The lowest BCUT2D eigenvalue weighted by Crippen LogP contribution is -2.51. The maximum absolute atomic E-state index is 13.3. The SMILES string of the molecule is CC(C)CC(C(=O)NC(Cc1ccc(-c2ccccn2)cc1)C(=O)O)N(Cc1cccs1)P(=O)(O)O. The second kappa shape index (κ2) is 12.4. The quantitative estimate of drug-likeness (QED) is 0.258. The topological polar surface area (TPSA) is 140 Å². The summed E-state index contributed by atoms with van der Waals surface area (Å²) in [5.74, 6) is -2.04. The number of carbonyl (C=O) groups excluding carboxylic acids is 1. The molecule has 9 nitrogen and oxygen atoms in total. The fourth-order valence-corrected chi connectivity index (χ4v) is 5.50. The largest absolute Gasteiger partial charge is 0.480 e. The van der Waals surface area contributed by atoms with E-state index in [0.717, 1.165) is 15.9 Å². The van der Waals surface area contributed by atoms with Gasteiger partial charge in [-0.1, -0.05) is 50.2 Å². The summed E-state index contributed by atoms with van der Waals surface area (Å²) < 4.78 is 13.2. The molecule has 0 fully saturated rings. The highest BCUT2D eigenvalue weighted by atomic mass is 32.1. The van der Waals surface area contributed by atoms with Crippen LogP contribution in [0.3, 0.4) is 0 Å². The fraction of sp³-hybridized carbons (Fsp3) is 0.320. The number of thiophene rings is 1. The first-order chi connectivity index (χ1) is 17.0. The standard InChI is InChI=1S/C25H30N3O6PS/c1-17(2)14-23(28(35(32,33)34)16-20-6-5-13-36-20)24(29)27-22(25(30)31)15-18-8-10-19(11-9-18)21-7-3-4-12-26-21/h3-13,17,22-23H,14-16H2,1-2H3,(H,27,29)(H,30,31)(H2,32,33,34). The number of nitrogens with one attached hydrogen (secondary N) is 1. The minimum Gasteiger partial charge on any atom is -0.480 e. The van der Waals surface area contributed by atoms with Gasteiger partial charge in [-0.3, -0.25) is 9.78 Å². The van der Waals surface area contributed by atoms with E-state index in [1.807, 2.05) is 44.2 Å². The molecule has 0 radical (unpaired) electrons. The van der Waals surface area contributed by atoms with Crippen LogP contribution < -0.4 is 5.32 Å². The van der Waals surface area contributed by atoms with Crippen LogP contribution in [0.25, 0.3) is 11.3 Å². The van der Waals surface area contributed by atoms with E-state index < -0.39 is 31.7 Å². The van der Waals surface area contributed by atoms with Gasteiger partial charge in [-0.15, -0.1) is 11.3 Å². The van der Waals surface area contributed by atoms with Crippen LogP contribution >= 0.6 is 19.1 Å². The predicted octanol–water partition coefficient (Wildman–Crippen LogP) is 3.93. The minimum absolute atomic E-state index is 0.0127. The van der Waals surface area contributed by atoms with Crippen LogP contribution in [0, 0.1) is 5.92 Å².